The molecular formula is C26H20F2N6O4S. The van der Waals surface area contributed by atoms with Crippen LogP contribution in [0.4, 0.5) is 20.4 Å². The number of nitrogen functional groups attached to an aromatic ring is 1. The van der Waals surface area contributed by atoms with Crippen LogP contribution in [0, 0.1) is 11.6 Å². The van der Waals surface area contributed by atoms with E-state index < -0.39 is 32.2 Å². The maximum absolute atomic E-state index is 14.1. The molecule has 5 rings (SSSR count). The Morgan fingerprint density at radius 2 is 1.79 bits per heavy atom. The molecule has 0 amide bonds. The van der Waals surface area contributed by atoms with E-state index in [0.29, 0.717) is 22.7 Å². The number of fused-ring (bicyclic) bond motifs is 1. The van der Waals surface area contributed by atoms with Gasteiger partial charge in [0.1, 0.15) is 16.5 Å². The lowest BCUT2D eigenvalue weighted by molar-refractivity contribution is 0.385. The van der Waals surface area contributed by atoms with E-state index in [1.807, 2.05) is 0 Å². The molecule has 0 radical (unpaired) electrons. The predicted molar refractivity (Wildman–Crippen MR) is 141 cm³/mol. The highest BCUT2D eigenvalue weighted by Crippen LogP contribution is 2.31. The first-order chi connectivity index (χ1) is 18.7. The average molecular weight is 551 g/mol. The Labute approximate surface area is 220 Å². The average Bonchev–Trinajstić information content (AvgIpc) is 2.92. The van der Waals surface area contributed by atoms with Gasteiger partial charge in [0.05, 0.1) is 30.2 Å². The van der Waals surface area contributed by atoms with Crippen LogP contribution in [0.15, 0.2) is 82.9 Å². The minimum absolute atomic E-state index is 0.0376. The van der Waals surface area contributed by atoms with E-state index in [1.165, 1.54) is 23.9 Å². The number of pyridine rings is 2. The molecule has 3 aromatic heterocycles. The predicted octanol–water partition coefficient (Wildman–Crippen LogP) is 3.57. The van der Waals surface area contributed by atoms with Crippen molar-refractivity contribution in [3.05, 3.63) is 101 Å². The first-order valence-corrected chi connectivity index (χ1v) is 12.9. The molecule has 13 heteroatoms. The Balaban J connectivity index is 1.57. The standard InChI is InChI=1S/C26H20F2N6O4S/c1-38-24-23(39(36,37)33-22-5-3-18(27)12-20(22)28)11-17(13-31-24)16-2-4-21-19(10-16)25(35)34(26(29)32-21)14-15-6-8-30-9-7-15/h2-13,33H,14H2,1H3,(H2,29,32). The van der Waals surface area contributed by atoms with Gasteiger partial charge in [-0.25, -0.2) is 27.2 Å². The monoisotopic (exact) mass is 550 g/mol. The van der Waals surface area contributed by atoms with E-state index in [-0.39, 0.29) is 29.3 Å². The van der Waals surface area contributed by atoms with Crippen LogP contribution in [-0.4, -0.2) is 35.0 Å². The third kappa shape index (κ3) is 5.11. The van der Waals surface area contributed by atoms with E-state index in [0.717, 1.165) is 17.7 Å². The van der Waals surface area contributed by atoms with Gasteiger partial charge in [0.2, 0.25) is 11.8 Å². The number of ether oxygens (including phenoxy) is 1. The molecule has 39 heavy (non-hydrogen) atoms. The number of rotatable bonds is 7. The van der Waals surface area contributed by atoms with Crippen molar-refractivity contribution in [2.75, 3.05) is 17.6 Å². The second-order valence-corrected chi connectivity index (χ2v) is 10.1. The van der Waals surface area contributed by atoms with Crippen molar-refractivity contribution >= 4 is 32.6 Å². The van der Waals surface area contributed by atoms with E-state index in [2.05, 4.69) is 19.7 Å². The number of nitrogens with zero attached hydrogens (tertiary/aromatic N) is 4. The highest BCUT2D eigenvalue weighted by molar-refractivity contribution is 7.92. The molecule has 5 aromatic rings. The largest absolute Gasteiger partial charge is 0.480 e. The third-order valence-corrected chi connectivity index (χ3v) is 7.24. The Morgan fingerprint density at radius 1 is 1.03 bits per heavy atom. The lowest BCUT2D eigenvalue weighted by Crippen LogP contribution is -2.25. The normalized spacial score (nSPS) is 11.5. The van der Waals surface area contributed by atoms with Gasteiger partial charge in [-0.2, -0.15) is 0 Å². The van der Waals surface area contributed by atoms with Gasteiger partial charge in [0.25, 0.3) is 15.6 Å². The molecule has 0 atom stereocenters. The summed E-state index contributed by atoms with van der Waals surface area (Å²) < 4.78 is 62.3. The van der Waals surface area contributed by atoms with Crippen molar-refractivity contribution in [1.82, 2.24) is 19.5 Å². The third-order valence-electron chi connectivity index (χ3n) is 5.88. The Hall–Kier alpha value is -4.91. The summed E-state index contributed by atoms with van der Waals surface area (Å²) in [5, 5.41) is 0.252. The Bertz CT molecular complexity index is 1880. The highest BCUT2D eigenvalue weighted by Gasteiger charge is 2.24. The van der Waals surface area contributed by atoms with E-state index in [1.54, 1.807) is 42.7 Å². The highest BCUT2D eigenvalue weighted by atomic mass is 32.2. The van der Waals surface area contributed by atoms with Gasteiger partial charge in [-0.3, -0.25) is 19.1 Å². The number of nitrogens with two attached hydrogens (primary N) is 1. The van der Waals surface area contributed by atoms with Crippen LogP contribution in [0.5, 0.6) is 5.88 Å². The lowest BCUT2D eigenvalue weighted by Gasteiger charge is -2.14. The van der Waals surface area contributed by atoms with Crippen LogP contribution < -0.4 is 20.8 Å². The van der Waals surface area contributed by atoms with Crippen molar-refractivity contribution in [2.45, 2.75) is 11.4 Å². The van der Waals surface area contributed by atoms with Gasteiger partial charge >= 0.3 is 0 Å². The molecule has 2 aromatic carbocycles. The lowest BCUT2D eigenvalue weighted by atomic mass is 10.1. The van der Waals surface area contributed by atoms with Gasteiger partial charge in [0.15, 0.2) is 0 Å². The van der Waals surface area contributed by atoms with Crippen LogP contribution in [0.25, 0.3) is 22.0 Å². The topological polar surface area (TPSA) is 142 Å². The smallest absolute Gasteiger partial charge is 0.267 e. The van der Waals surface area contributed by atoms with Gasteiger partial charge in [-0.05, 0) is 53.6 Å². The van der Waals surface area contributed by atoms with Gasteiger partial charge in [-0.1, -0.05) is 6.07 Å². The fraction of sp³-hybridized carbons (Fsp3) is 0.0769. The van der Waals surface area contributed by atoms with Crippen molar-refractivity contribution in [2.24, 2.45) is 0 Å². The minimum Gasteiger partial charge on any atom is -0.480 e. The molecule has 0 bridgehead atoms. The van der Waals surface area contributed by atoms with Crippen LogP contribution in [-0.2, 0) is 16.6 Å². The summed E-state index contributed by atoms with van der Waals surface area (Å²) in [6, 6.07) is 12.0. The van der Waals surface area contributed by atoms with Gasteiger partial charge in [-0.15, -0.1) is 0 Å². The first-order valence-electron chi connectivity index (χ1n) is 11.4. The summed E-state index contributed by atoms with van der Waals surface area (Å²) in [6.45, 7) is 0.179. The molecule has 0 saturated carbocycles. The van der Waals surface area contributed by atoms with Crippen molar-refractivity contribution in [1.29, 1.82) is 0 Å². The zero-order chi connectivity index (χ0) is 27.7. The second-order valence-electron chi connectivity index (χ2n) is 8.41. The summed E-state index contributed by atoms with van der Waals surface area (Å²) in [5.74, 6) is -2.16. The zero-order valence-corrected chi connectivity index (χ0v) is 21.1. The maximum Gasteiger partial charge on any atom is 0.267 e. The van der Waals surface area contributed by atoms with Gasteiger partial charge in [0, 0.05) is 30.2 Å². The quantitative estimate of drug-likeness (QED) is 0.313. The van der Waals surface area contributed by atoms with E-state index >= 15 is 0 Å². The fourth-order valence-electron chi connectivity index (χ4n) is 3.95. The summed E-state index contributed by atoms with van der Waals surface area (Å²) in [6.07, 6.45) is 4.58. The molecule has 0 fully saturated rings. The number of aromatic nitrogens is 4. The second kappa shape index (κ2) is 10.1. The summed E-state index contributed by atoms with van der Waals surface area (Å²) in [4.78, 5) is 25.3. The molecule has 0 aliphatic heterocycles. The van der Waals surface area contributed by atoms with Crippen molar-refractivity contribution in [3.8, 4) is 17.0 Å². The van der Waals surface area contributed by atoms with Gasteiger partial charge < -0.3 is 10.5 Å². The van der Waals surface area contributed by atoms with Crippen LogP contribution in [0.2, 0.25) is 0 Å². The van der Waals surface area contributed by atoms with E-state index in [4.69, 9.17) is 10.5 Å². The number of nitrogens with one attached hydrogen (secondary N) is 1. The molecule has 0 unspecified atom stereocenters. The number of methoxy groups -OCH3 is 1. The fourth-order valence-corrected chi connectivity index (χ4v) is 5.16. The zero-order valence-electron chi connectivity index (χ0n) is 20.3. The van der Waals surface area contributed by atoms with Crippen molar-refractivity contribution < 1.29 is 21.9 Å². The molecule has 0 aliphatic rings. The number of benzene rings is 2. The van der Waals surface area contributed by atoms with Crippen LogP contribution in [0.3, 0.4) is 0 Å². The Kier molecular flexibility index (Phi) is 6.66. The van der Waals surface area contributed by atoms with E-state index in [9.17, 15) is 22.0 Å². The maximum atomic E-state index is 14.1. The molecule has 0 spiro atoms. The van der Waals surface area contributed by atoms with Crippen LogP contribution >= 0.6 is 0 Å². The number of anilines is 2. The molecule has 198 valence electrons. The first kappa shape index (κ1) is 25.7. The minimum atomic E-state index is -4.42. The van der Waals surface area contributed by atoms with Crippen LogP contribution in [0.1, 0.15) is 5.56 Å². The molecule has 3 heterocycles. The molecule has 3 N–H and O–H groups in total. The van der Waals surface area contributed by atoms with Crippen molar-refractivity contribution in [3.63, 3.8) is 0 Å². The molecule has 0 aliphatic carbocycles. The SMILES string of the molecule is COc1ncc(-c2ccc3nc(N)n(Cc4ccncc4)c(=O)c3c2)cc1S(=O)(=O)Nc1ccc(F)cc1F. The number of halogens is 2. The molecular weight excluding hydrogens is 530 g/mol. The number of hydrogen-bond donors (Lipinski definition) is 2. The number of hydrogen-bond acceptors (Lipinski definition) is 8. The Morgan fingerprint density at radius 3 is 2.51 bits per heavy atom. The number of sulfonamides is 1. The summed E-state index contributed by atoms with van der Waals surface area (Å²) in [7, 11) is -3.19. The molecule has 10 nitrogen and oxygen atoms in total. The summed E-state index contributed by atoms with van der Waals surface area (Å²) in [5.41, 5.74) is 7.16. The molecule has 0 saturated heterocycles. The summed E-state index contributed by atoms with van der Waals surface area (Å²) >= 11 is 0.